The van der Waals surface area contributed by atoms with Gasteiger partial charge in [0, 0.05) is 18.4 Å². The van der Waals surface area contributed by atoms with Crippen molar-refractivity contribution in [2.24, 2.45) is 5.73 Å². The average molecular weight is 271 g/mol. The van der Waals surface area contributed by atoms with Gasteiger partial charge < -0.3 is 10.3 Å². The third-order valence-corrected chi connectivity index (χ3v) is 3.95. The second kappa shape index (κ2) is 5.37. The van der Waals surface area contributed by atoms with Crippen molar-refractivity contribution in [1.82, 2.24) is 10.1 Å². The predicted molar refractivity (Wildman–Crippen MR) is 77.6 cm³/mol. The van der Waals surface area contributed by atoms with Crippen molar-refractivity contribution in [2.45, 2.75) is 51.5 Å². The van der Waals surface area contributed by atoms with E-state index in [2.05, 4.69) is 42.2 Å². The Labute approximate surface area is 119 Å². The lowest BCUT2D eigenvalue weighted by molar-refractivity contribution is 0.350. The molecule has 0 spiro atoms. The highest BCUT2D eigenvalue weighted by Gasteiger charge is 2.27. The van der Waals surface area contributed by atoms with Crippen LogP contribution in [0.1, 0.15) is 53.6 Å². The summed E-state index contributed by atoms with van der Waals surface area (Å²) in [5.74, 6) is 1.88. The standard InChI is InChI=1S/C16H21N3O/c1-10-5-11(2)7-12(6-10)8-15-18-16(20-19-15)13-3-4-14(17)9-13/h5-7,13-14H,3-4,8-9,17H2,1-2H3/t13-,14+/m1/s1. The van der Waals surface area contributed by atoms with E-state index >= 15 is 0 Å². The van der Waals surface area contributed by atoms with Gasteiger partial charge in [-0.1, -0.05) is 34.5 Å². The number of rotatable bonds is 3. The van der Waals surface area contributed by atoms with E-state index in [1.54, 1.807) is 0 Å². The van der Waals surface area contributed by atoms with Gasteiger partial charge in [0.15, 0.2) is 5.82 Å². The van der Waals surface area contributed by atoms with Gasteiger partial charge in [0.1, 0.15) is 0 Å². The van der Waals surface area contributed by atoms with Crippen LogP contribution in [0.3, 0.4) is 0 Å². The van der Waals surface area contributed by atoms with Crippen LogP contribution in [0.2, 0.25) is 0 Å². The molecular weight excluding hydrogens is 250 g/mol. The molecule has 4 nitrogen and oxygen atoms in total. The first-order valence-corrected chi connectivity index (χ1v) is 7.25. The summed E-state index contributed by atoms with van der Waals surface area (Å²) >= 11 is 0. The Bertz CT molecular complexity index is 585. The maximum Gasteiger partial charge on any atom is 0.229 e. The number of aromatic nitrogens is 2. The molecule has 20 heavy (non-hydrogen) atoms. The second-order valence-corrected chi connectivity index (χ2v) is 5.99. The monoisotopic (exact) mass is 271 g/mol. The van der Waals surface area contributed by atoms with Crippen molar-refractivity contribution in [1.29, 1.82) is 0 Å². The topological polar surface area (TPSA) is 64.9 Å². The molecule has 2 atom stereocenters. The van der Waals surface area contributed by atoms with Crippen molar-refractivity contribution in [3.8, 4) is 0 Å². The summed E-state index contributed by atoms with van der Waals surface area (Å²) in [5, 5.41) is 4.11. The van der Waals surface area contributed by atoms with Crippen LogP contribution in [0.4, 0.5) is 0 Å². The summed E-state index contributed by atoms with van der Waals surface area (Å²) < 4.78 is 5.41. The largest absolute Gasteiger partial charge is 0.339 e. The summed E-state index contributed by atoms with van der Waals surface area (Å²) in [6.45, 7) is 4.22. The Morgan fingerprint density at radius 3 is 2.60 bits per heavy atom. The van der Waals surface area contributed by atoms with Crippen LogP contribution in [0.25, 0.3) is 0 Å². The van der Waals surface area contributed by atoms with E-state index in [4.69, 9.17) is 10.3 Å². The minimum atomic E-state index is 0.287. The fraction of sp³-hybridized carbons (Fsp3) is 0.500. The first-order valence-electron chi connectivity index (χ1n) is 7.25. The number of nitrogens with two attached hydrogens (primary N) is 1. The molecule has 0 unspecified atom stereocenters. The predicted octanol–water partition coefficient (Wildman–Crippen LogP) is 2.87. The van der Waals surface area contributed by atoms with Crippen LogP contribution in [0.5, 0.6) is 0 Å². The zero-order valence-corrected chi connectivity index (χ0v) is 12.1. The summed E-state index contributed by atoms with van der Waals surface area (Å²) in [7, 11) is 0. The van der Waals surface area contributed by atoms with Gasteiger partial charge >= 0.3 is 0 Å². The Morgan fingerprint density at radius 2 is 1.95 bits per heavy atom. The quantitative estimate of drug-likeness (QED) is 0.932. The van der Waals surface area contributed by atoms with Crippen LogP contribution < -0.4 is 5.73 Å². The van der Waals surface area contributed by atoms with Crippen molar-refractivity contribution in [3.05, 3.63) is 46.6 Å². The maximum atomic E-state index is 5.94. The van der Waals surface area contributed by atoms with Gasteiger partial charge in [-0.3, -0.25) is 0 Å². The van der Waals surface area contributed by atoms with Crippen LogP contribution in [-0.2, 0) is 6.42 Å². The SMILES string of the molecule is Cc1cc(C)cc(Cc2noc([C@@H]3CC[C@H](N)C3)n2)c1. The number of hydrogen-bond donors (Lipinski definition) is 1. The molecule has 0 amide bonds. The van der Waals surface area contributed by atoms with Gasteiger partial charge in [-0.05, 0) is 38.7 Å². The Kier molecular flexibility index (Phi) is 3.57. The molecule has 106 valence electrons. The minimum absolute atomic E-state index is 0.287. The van der Waals surface area contributed by atoms with Gasteiger partial charge in [-0.15, -0.1) is 0 Å². The summed E-state index contributed by atoms with van der Waals surface area (Å²) in [4.78, 5) is 4.55. The smallest absolute Gasteiger partial charge is 0.229 e. The van der Waals surface area contributed by atoms with E-state index in [0.717, 1.165) is 37.4 Å². The van der Waals surface area contributed by atoms with Gasteiger partial charge in [0.2, 0.25) is 5.89 Å². The molecule has 0 bridgehead atoms. The molecule has 2 aromatic rings. The summed E-state index contributed by atoms with van der Waals surface area (Å²) in [5.41, 5.74) is 9.71. The zero-order chi connectivity index (χ0) is 14.1. The third kappa shape index (κ3) is 2.90. The van der Waals surface area contributed by atoms with E-state index in [9.17, 15) is 0 Å². The Morgan fingerprint density at radius 1 is 1.20 bits per heavy atom. The third-order valence-electron chi connectivity index (χ3n) is 3.95. The molecule has 3 rings (SSSR count). The van der Waals surface area contributed by atoms with E-state index in [1.807, 2.05) is 0 Å². The van der Waals surface area contributed by atoms with Gasteiger partial charge in [0.05, 0.1) is 0 Å². The van der Waals surface area contributed by atoms with E-state index < -0.39 is 0 Å². The zero-order valence-electron chi connectivity index (χ0n) is 12.1. The molecule has 0 radical (unpaired) electrons. The molecule has 1 aliphatic carbocycles. The summed E-state index contributed by atoms with van der Waals surface area (Å²) in [6.07, 6.45) is 3.81. The molecule has 1 heterocycles. The number of nitrogens with zero attached hydrogens (tertiary/aromatic N) is 2. The van der Waals surface area contributed by atoms with Crippen molar-refractivity contribution in [2.75, 3.05) is 0 Å². The molecule has 1 aromatic carbocycles. The molecule has 0 aliphatic heterocycles. The first kappa shape index (κ1) is 13.3. The maximum absolute atomic E-state index is 5.94. The summed E-state index contributed by atoms with van der Waals surface area (Å²) in [6, 6.07) is 6.81. The molecule has 1 saturated carbocycles. The Balaban J connectivity index is 1.73. The van der Waals surface area contributed by atoms with E-state index in [-0.39, 0.29) is 6.04 Å². The van der Waals surface area contributed by atoms with E-state index in [1.165, 1.54) is 16.7 Å². The molecule has 1 fully saturated rings. The van der Waals surface area contributed by atoms with Crippen LogP contribution in [0.15, 0.2) is 22.7 Å². The highest BCUT2D eigenvalue weighted by molar-refractivity contribution is 5.30. The Hall–Kier alpha value is -1.68. The number of benzene rings is 1. The average Bonchev–Trinajstić information content (AvgIpc) is 2.96. The fourth-order valence-corrected chi connectivity index (χ4v) is 3.10. The lowest BCUT2D eigenvalue weighted by atomic mass is 10.0. The lowest BCUT2D eigenvalue weighted by Crippen LogP contribution is -2.14. The molecule has 1 aliphatic rings. The van der Waals surface area contributed by atoms with Crippen molar-refractivity contribution < 1.29 is 4.52 Å². The molecule has 2 N–H and O–H groups in total. The highest BCUT2D eigenvalue weighted by Crippen LogP contribution is 2.32. The highest BCUT2D eigenvalue weighted by atomic mass is 16.5. The lowest BCUT2D eigenvalue weighted by Gasteiger charge is -2.02. The molecule has 4 heteroatoms. The number of hydrogen-bond acceptors (Lipinski definition) is 4. The van der Waals surface area contributed by atoms with Gasteiger partial charge in [0.25, 0.3) is 0 Å². The van der Waals surface area contributed by atoms with Crippen molar-refractivity contribution in [3.63, 3.8) is 0 Å². The molecule has 0 saturated heterocycles. The van der Waals surface area contributed by atoms with Crippen molar-refractivity contribution >= 4 is 0 Å². The molecular formula is C16H21N3O. The van der Waals surface area contributed by atoms with Crippen LogP contribution in [-0.4, -0.2) is 16.2 Å². The minimum Gasteiger partial charge on any atom is -0.339 e. The van der Waals surface area contributed by atoms with E-state index in [0.29, 0.717) is 5.92 Å². The number of aryl methyl sites for hydroxylation is 2. The van der Waals surface area contributed by atoms with Crippen LogP contribution in [0, 0.1) is 13.8 Å². The normalized spacial score (nSPS) is 22.4. The molecule has 1 aromatic heterocycles. The van der Waals surface area contributed by atoms with Gasteiger partial charge in [-0.25, -0.2) is 0 Å². The van der Waals surface area contributed by atoms with Crippen LogP contribution >= 0.6 is 0 Å². The first-order chi connectivity index (χ1) is 9.60. The van der Waals surface area contributed by atoms with Gasteiger partial charge in [-0.2, -0.15) is 4.98 Å². The second-order valence-electron chi connectivity index (χ2n) is 5.99. The fourth-order valence-electron chi connectivity index (χ4n) is 3.10.